The molecule has 0 aromatic heterocycles. The highest BCUT2D eigenvalue weighted by atomic mass is 16.5. The van der Waals surface area contributed by atoms with Crippen molar-refractivity contribution in [1.82, 2.24) is 0 Å². The maximum Gasteiger partial charge on any atom is 0.305 e. The predicted octanol–water partition coefficient (Wildman–Crippen LogP) is 12.2. The van der Waals surface area contributed by atoms with E-state index in [4.69, 9.17) is 4.74 Å². The van der Waals surface area contributed by atoms with E-state index in [0.29, 0.717) is 18.9 Å². The largest absolute Gasteiger partial charge is 0.465 e. The van der Waals surface area contributed by atoms with Crippen molar-refractivity contribution in [2.75, 3.05) is 6.61 Å². The molecule has 0 aromatic carbocycles. The summed E-state index contributed by atoms with van der Waals surface area (Å²) in [6.07, 6.45) is 46.1. The molecule has 2 nitrogen and oxygen atoms in total. The number of hydrogen-bond acceptors (Lipinski definition) is 2. The average molecular weight is 531 g/mol. The Bertz CT molecular complexity index is 550. The quantitative estimate of drug-likeness (QED) is 0.230. The van der Waals surface area contributed by atoms with Crippen molar-refractivity contribution in [3.05, 3.63) is 24.3 Å². The fourth-order valence-corrected chi connectivity index (χ4v) is 5.50. The van der Waals surface area contributed by atoms with Gasteiger partial charge in [-0.05, 0) is 70.1 Å². The first-order valence-electron chi connectivity index (χ1n) is 17.2. The Morgan fingerprint density at radius 3 is 1.18 bits per heavy atom. The summed E-state index contributed by atoms with van der Waals surface area (Å²) in [6, 6.07) is 0. The minimum Gasteiger partial charge on any atom is -0.465 e. The Morgan fingerprint density at radius 1 is 0.474 bits per heavy atom. The summed E-state index contributed by atoms with van der Waals surface area (Å²) in [6.45, 7) is 2.83. The molecule has 1 unspecified atom stereocenters. The number of esters is 1. The second-order valence-corrected chi connectivity index (χ2v) is 12.2. The summed E-state index contributed by atoms with van der Waals surface area (Å²) in [4.78, 5) is 12.0. The van der Waals surface area contributed by atoms with E-state index < -0.39 is 0 Å². The van der Waals surface area contributed by atoms with Crippen LogP contribution in [0.3, 0.4) is 0 Å². The second-order valence-electron chi connectivity index (χ2n) is 12.2. The lowest BCUT2D eigenvalue weighted by Crippen LogP contribution is -2.11. The number of rotatable bonds is 0. The fraction of sp³-hybridized carbons (Fsp3) is 0.861. The number of hydrogen-bond donors (Lipinski definition) is 0. The minimum absolute atomic E-state index is 0.0132. The van der Waals surface area contributed by atoms with E-state index in [1.54, 1.807) is 0 Å². The molecule has 0 radical (unpaired) electrons. The van der Waals surface area contributed by atoms with Crippen LogP contribution in [0.15, 0.2) is 24.3 Å². The predicted molar refractivity (Wildman–Crippen MR) is 168 cm³/mol. The third-order valence-electron chi connectivity index (χ3n) is 8.17. The molecule has 0 saturated heterocycles. The third-order valence-corrected chi connectivity index (χ3v) is 8.17. The van der Waals surface area contributed by atoms with Crippen molar-refractivity contribution < 1.29 is 9.53 Å². The van der Waals surface area contributed by atoms with E-state index in [0.717, 1.165) is 6.42 Å². The fourth-order valence-electron chi connectivity index (χ4n) is 5.50. The smallest absolute Gasteiger partial charge is 0.305 e. The Kier molecular flexibility index (Phi) is 26.6. The van der Waals surface area contributed by atoms with E-state index in [1.165, 1.54) is 167 Å². The van der Waals surface area contributed by atoms with Crippen LogP contribution in [0, 0.1) is 5.92 Å². The van der Waals surface area contributed by atoms with Crippen LogP contribution >= 0.6 is 0 Å². The first-order chi connectivity index (χ1) is 18.8. The van der Waals surface area contributed by atoms with Crippen LogP contribution in [0.2, 0.25) is 0 Å². The van der Waals surface area contributed by atoms with Crippen molar-refractivity contribution in [2.24, 2.45) is 5.92 Å². The summed E-state index contributed by atoms with van der Waals surface area (Å²) in [7, 11) is 0. The van der Waals surface area contributed by atoms with Crippen molar-refractivity contribution in [2.45, 2.75) is 187 Å². The minimum atomic E-state index is 0.0132. The van der Waals surface area contributed by atoms with Gasteiger partial charge in [0.15, 0.2) is 0 Å². The molecule has 1 aliphatic rings. The molecule has 222 valence electrons. The maximum atomic E-state index is 12.0. The van der Waals surface area contributed by atoms with Gasteiger partial charge in [-0.15, -0.1) is 0 Å². The molecule has 1 aliphatic heterocycles. The number of allylic oxidation sites excluding steroid dienone is 4. The molecule has 38 heavy (non-hydrogen) atoms. The lowest BCUT2D eigenvalue weighted by Gasteiger charge is -2.12. The van der Waals surface area contributed by atoms with Crippen LogP contribution in [0.1, 0.15) is 187 Å². The summed E-state index contributed by atoms with van der Waals surface area (Å²) in [5, 5.41) is 0. The summed E-state index contributed by atoms with van der Waals surface area (Å²) >= 11 is 0. The van der Waals surface area contributed by atoms with E-state index in [1.807, 2.05) is 0 Å². The zero-order chi connectivity index (χ0) is 27.2. The van der Waals surface area contributed by atoms with Gasteiger partial charge in [0.05, 0.1) is 6.61 Å². The monoisotopic (exact) mass is 531 g/mol. The van der Waals surface area contributed by atoms with E-state index in [9.17, 15) is 4.79 Å². The molecule has 0 spiro atoms. The first kappa shape index (κ1) is 35.0. The lowest BCUT2D eigenvalue weighted by atomic mass is 10.0. The topological polar surface area (TPSA) is 26.3 Å². The van der Waals surface area contributed by atoms with Gasteiger partial charge < -0.3 is 4.74 Å². The Hall–Kier alpha value is -1.05. The van der Waals surface area contributed by atoms with Gasteiger partial charge in [0.25, 0.3) is 0 Å². The van der Waals surface area contributed by atoms with Crippen molar-refractivity contribution in [1.29, 1.82) is 0 Å². The first-order valence-corrected chi connectivity index (χ1v) is 17.2. The standard InChI is InChI=1S/C36H66O2/c1-35-32-30-28-26-24-22-20-18-16-14-12-10-8-6-4-2-3-5-7-9-11-13-15-17-19-21-23-25-27-29-31-33-36(37)38-34-35/h9,11,20,22,35H,2-8,10,12-19,21,23-34H2,1H3/b11-9-,22-20-. The Morgan fingerprint density at radius 2 is 0.789 bits per heavy atom. The highest BCUT2D eigenvalue weighted by Gasteiger charge is 2.07. The molecular weight excluding hydrogens is 464 g/mol. The van der Waals surface area contributed by atoms with Crippen LogP contribution in [-0.4, -0.2) is 12.6 Å². The molecule has 0 aliphatic carbocycles. The summed E-state index contributed by atoms with van der Waals surface area (Å²) in [5.74, 6) is 0.501. The maximum absolute atomic E-state index is 12.0. The number of cyclic esters (lactones) is 1. The van der Waals surface area contributed by atoms with Crippen molar-refractivity contribution in [3.63, 3.8) is 0 Å². The summed E-state index contributed by atoms with van der Waals surface area (Å²) in [5.41, 5.74) is 0. The Balaban J connectivity index is 2.16. The van der Waals surface area contributed by atoms with Crippen LogP contribution in [0.4, 0.5) is 0 Å². The molecule has 0 saturated carbocycles. The molecule has 0 N–H and O–H groups in total. The van der Waals surface area contributed by atoms with Crippen LogP contribution < -0.4 is 0 Å². The Labute approximate surface area is 238 Å². The normalized spacial score (nSPS) is 26.0. The SMILES string of the molecule is CC1CCCCC/C=C\CCCCCCCCCCCC/C=C\CCCCCCCCCCCC(=O)OC1. The molecule has 0 aromatic rings. The molecule has 1 heterocycles. The molecule has 1 rings (SSSR count). The zero-order valence-corrected chi connectivity index (χ0v) is 25.7. The zero-order valence-electron chi connectivity index (χ0n) is 25.7. The van der Waals surface area contributed by atoms with Crippen LogP contribution in [0.5, 0.6) is 0 Å². The van der Waals surface area contributed by atoms with E-state index in [-0.39, 0.29) is 5.97 Å². The van der Waals surface area contributed by atoms with Gasteiger partial charge >= 0.3 is 5.97 Å². The molecule has 0 bridgehead atoms. The number of carbonyl (C=O) groups is 1. The van der Waals surface area contributed by atoms with Gasteiger partial charge in [0, 0.05) is 6.42 Å². The van der Waals surface area contributed by atoms with Gasteiger partial charge in [-0.3, -0.25) is 4.79 Å². The van der Waals surface area contributed by atoms with E-state index in [2.05, 4.69) is 31.2 Å². The van der Waals surface area contributed by atoms with Crippen LogP contribution in [0.25, 0.3) is 0 Å². The lowest BCUT2D eigenvalue weighted by molar-refractivity contribution is -0.145. The van der Waals surface area contributed by atoms with Crippen LogP contribution in [-0.2, 0) is 9.53 Å². The highest BCUT2D eigenvalue weighted by molar-refractivity contribution is 5.69. The number of ether oxygens (including phenoxy) is 1. The molecule has 0 fully saturated rings. The average Bonchev–Trinajstić information content (AvgIpc) is 2.92. The van der Waals surface area contributed by atoms with Gasteiger partial charge in [-0.1, -0.05) is 140 Å². The highest BCUT2D eigenvalue weighted by Crippen LogP contribution is 2.15. The molecule has 2 heteroatoms. The van der Waals surface area contributed by atoms with Gasteiger partial charge in [0.1, 0.15) is 0 Å². The van der Waals surface area contributed by atoms with Crippen molar-refractivity contribution >= 4 is 5.97 Å². The summed E-state index contributed by atoms with van der Waals surface area (Å²) < 4.78 is 5.53. The number of carbonyl (C=O) groups excluding carboxylic acids is 1. The molecular formula is C36H66O2. The van der Waals surface area contributed by atoms with Gasteiger partial charge in [-0.25, -0.2) is 0 Å². The van der Waals surface area contributed by atoms with Crippen molar-refractivity contribution in [3.8, 4) is 0 Å². The molecule has 1 atom stereocenters. The van der Waals surface area contributed by atoms with Gasteiger partial charge in [-0.2, -0.15) is 0 Å². The van der Waals surface area contributed by atoms with Gasteiger partial charge in [0.2, 0.25) is 0 Å². The third kappa shape index (κ3) is 26.6. The molecule has 0 amide bonds. The second kappa shape index (κ2) is 28.9. The van der Waals surface area contributed by atoms with E-state index >= 15 is 0 Å².